The Bertz CT molecular complexity index is 223. The highest BCUT2D eigenvalue weighted by Gasteiger charge is 2.20. The summed E-state index contributed by atoms with van der Waals surface area (Å²) in [6.45, 7) is -3.43. The van der Waals surface area contributed by atoms with Gasteiger partial charge in [-0.3, -0.25) is 0 Å². The van der Waals surface area contributed by atoms with E-state index in [1.165, 1.54) is 0 Å². The van der Waals surface area contributed by atoms with Gasteiger partial charge in [0, 0.05) is 6.42 Å². The van der Waals surface area contributed by atoms with Crippen LogP contribution in [0.25, 0.3) is 0 Å². The van der Waals surface area contributed by atoms with Crippen LogP contribution < -0.4 is 5.32 Å². The Hall–Kier alpha value is -1.44. The van der Waals surface area contributed by atoms with Gasteiger partial charge >= 0.3 is 18.7 Å². The fourth-order valence-electron chi connectivity index (χ4n) is 0.734. The van der Waals surface area contributed by atoms with Gasteiger partial charge < -0.3 is 19.9 Å². The maximum absolute atomic E-state index is 11.5. The lowest BCUT2D eigenvalue weighted by atomic mass is 10.2. The zero-order chi connectivity index (χ0) is 11.8. The molecule has 0 heterocycles. The number of alkyl halides is 2. The van der Waals surface area contributed by atoms with Gasteiger partial charge in [-0.2, -0.15) is 8.78 Å². The number of aliphatic carboxylic acids is 1. The van der Waals surface area contributed by atoms with Crippen molar-refractivity contribution in [3.8, 4) is 0 Å². The molecule has 0 aromatic carbocycles. The molecule has 0 saturated carbocycles. The average Bonchev–Trinajstić information content (AvgIpc) is 2.15. The number of methoxy groups -OCH3 is 1. The molecule has 0 radical (unpaired) electrons. The highest BCUT2D eigenvalue weighted by molar-refractivity contribution is 5.79. The standard InChI is InChI=1S/C7H11F2NO5/c1-14-7(13)10-4(5(11)12)2-3-15-6(8)9/h4,6H,2-3H2,1H3,(H,10,13)(H,11,12). The van der Waals surface area contributed by atoms with E-state index in [0.717, 1.165) is 7.11 Å². The Morgan fingerprint density at radius 2 is 2.07 bits per heavy atom. The number of rotatable bonds is 6. The molecule has 0 spiro atoms. The number of ether oxygens (including phenoxy) is 2. The molecule has 15 heavy (non-hydrogen) atoms. The number of carbonyl (C=O) groups excluding carboxylic acids is 1. The predicted octanol–water partition coefficient (Wildman–Crippen LogP) is 0.425. The molecule has 1 amide bonds. The number of carboxylic acid groups (broad SMARTS) is 1. The Morgan fingerprint density at radius 1 is 1.47 bits per heavy atom. The van der Waals surface area contributed by atoms with E-state index in [9.17, 15) is 18.4 Å². The first kappa shape index (κ1) is 13.6. The monoisotopic (exact) mass is 227 g/mol. The molecule has 0 bridgehead atoms. The van der Waals surface area contributed by atoms with Crippen LogP contribution in [0.4, 0.5) is 13.6 Å². The fraction of sp³-hybridized carbons (Fsp3) is 0.714. The van der Waals surface area contributed by atoms with E-state index >= 15 is 0 Å². The maximum atomic E-state index is 11.5. The second kappa shape index (κ2) is 6.93. The van der Waals surface area contributed by atoms with Gasteiger partial charge in [0.25, 0.3) is 0 Å². The van der Waals surface area contributed by atoms with Crippen LogP contribution in [-0.4, -0.2) is 43.5 Å². The second-order valence-corrected chi connectivity index (χ2v) is 2.45. The summed E-state index contributed by atoms with van der Waals surface area (Å²) in [5.74, 6) is -1.35. The summed E-state index contributed by atoms with van der Waals surface area (Å²) in [6.07, 6.45) is -1.21. The van der Waals surface area contributed by atoms with Crippen molar-refractivity contribution in [1.29, 1.82) is 0 Å². The van der Waals surface area contributed by atoms with Crippen molar-refractivity contribution in [2.75, 3.05) is 13.7 Å². The third-order valence-corrected chi connectivity index (χ3v) is 1.43. The third-order valence-electron chi connectivity index (χ3n) is 1.43. The fourth-order valence-corrected chi connectivity index (χ4v) is 0.734. The first-order chi connectivity index (χ1) is 6.97. The van der Waals surface area contributed by atoms with E-state index in [1.807, 2.05) is 5.32 Å². The number of carbonyl (C=O) groups is 2. The molecule has 8 heteroatoms. The second-order valence-electron chi connectivity index (χ2n) is 2.45. The van der Waals surface area contributed by atoms with Gasteiger partial charge in [-0.05, 0) is 0 Å². The van der Waals surface area contributed by atoms with Crippen LogP contribution in [0.5, 0.6) is 0 Å². The summed E-state index contributed by atoms with van der Waals surface area (Å²) >= 11 is 0. The van der Waals surface area contributed by atoms with Crippen LogP contribution in [0, 0.1) is 0 Å². The van der Waals surface area contributed by atoms with Crippen molar-refractivity contribution in [1.82, 2.24) is 5.32 Å². The first-order valence-electron chi connectivity index (χ1n) is 3.94. The van der Waals surface area contributed by atoms with Crippen molar-refractivity contribution in [2.45, 2.75) is 19.1 Å². The third kappa shape index (κ3) is 6.61. The van der Waals surface area contributed by atoms with Gasteiger partial charge in [0.15, 0.2) is 0 Å². The molecule has 0 rings (SSSR count). The van der Waals surface area contributed by atoms with Crippen molar-refractivity contribution < 1.29 is 33.0 Å². The molecule has 1 unspecified atom stereocenters. The molecule has 0 aromatic heterocycles. The summed E-state index contributed by atoms with van der Waals surface area (Å²) in [7, 11) is 1.06. The smallest absolute Gasteiger partial charge is 0.407 e. The number of halogens is 2. The molecule has 0 aliphatic carbocycles. The van der Waals surface area contributed by atoms with Crippen molar-refractivity contribution >= 4 is 12.1 Å². The predicted molar refractivity (Wildman–Crippen MR) is 43.5 cm³/mol. The first-order valence-corrected chi connectivity index (χ1v) is 3.94. The van der Waals surface area contributed by atoms with Gasteiger partial charge in [-0.25, -0.2) is 9.59 Å². The normalized spacial score (nSPS) is 12.3. The lowest BCUT2D eigenvalue weighted by molar-refractivity contribution is -0.145. The molecule has 88 valence electrons. The SMILES string of the molecule is COC(=O)NC(CCOC(F)F)C(=O)O. The van der Waals surface area contributed by atoms with E-state index in [0.29, 0.717) is 0 Å². The molecule has 0 aliphatic heterocycles. The van der Waals surface area contributed by atoms with Crippen LogP contribution in [-0.2, 0) is 14.3 Å². The Balaban J connectivity index is 3.94. The number of alkyl carbamates (subject to hydrolysis) is 1. The van der Waals surface area contributed by atoms with Crippen LogP contribution in [0.1, 0.15) is 6.42 Å². The van der Waals surface area contributed by atoms with Gasteiger partial charge in [-0.1, -0.05) is 0 Å². The summed E-state index contributed by atoms with van der Waals surface area (Å²) in [6, 6.07) is -1.31. The van der Waals surface area contributed by atoms with Gasteiger partial charge in [-0.15, -0.1) is 0 Å². The largest absolute Gasteiger partial charge is 0.480 e. The molecular weight excluding hydrogens is 216 g/mol. The summed E-state index contributed by atoms with van der Waals surface area (Å²) in [5.41, 5.74) is 0. The molecule has 0 saturated heterocycles. The number of hydrogen-bond acceptors (Lipinski definition) is 4. The molecule has 0 aromatic rings. The molecule has 0 aliphatic rings. The number of hydrogen-bond donors (Lipinski definition) is 2. The molecule has 1 atom stereocenters. The van der Waals surface area contributed by atoms with E-state index in [2.05, 4.69) is 9.47 Å². The number of carboxylic acids is 1. The van der Waals surface area contributed by atoms with Gasteiger partial charge in [0.1, 0.15) is 6.04 Å². The van der Waals surface area contributed by atoms with E-state index in [1.54, 1.807) is 0 Å². The van der Waals surface area contributed by atoms with Crippen LogP contribution >= 0.6 is 0 Å². The number of amides is 1. The Kier molecular flexibility index (Phi) is 6.27. The average molecular weight is 227 g/mol. The van der Waals surface area contributed by atoms with E-state index in [-0.39, 0.29) is 6.42 Å². The van der Waals surface area contributed by atoms with Crippen molar-refractivity contribution in [3.63, 3.8) is 0 Å². The number of nitrogens with one attached hydrogen (secondary N) is 1. The highest BCUT2D eigenvalue weighted by atomic mass is 19.3. The maximum Gasteiger partial charge on any atom is 0.407 e. The van der Waals surface area contributed by atoms with Gasteiger partial charge in [0.2, 0.25) is 0 Å². The summed E-state index contributed by atoms with van der Waals surface area (Å²) in [5, 5.41) is 10.5. The summed E-state index contributed by atoms with van der Waals surface area (Å²) < 4.78 is 31.1. The molecule has 6 nitrogen and oxygen atoms in total. The zero-order valence-corrected chi connectivity index (χ0v) is 7.91. The zero-order valence-electron chi connectivity index (χ0n) is 7.91. The quantitative estimate of drug-likeness (QED) is 0.687. The van der Waals surface area contributed by atoms with Gasteiger partial charge in [0.05, 0.1) is 13.7 Å². The van der Waals surface area contributed by atoms with Crippen molar-refractivity contribution in [3.05, 3.63) is 0 Å². The topological polar surface area (TPSA) is 84.9 Å². The minimum Gasteiger partial charge on any atom is -0.480 e. The Morgan fingerprint density at radius 3 is 2.47 bits per heavy atom. The van der Waals surface area contributed by atoms with E-state index in [4.69, 9.17) is 5.11 Å². The van der Waals surface area contributed by atoms with Crippen LogP contribution in [0.2, 0.25) is 0 Å². The molecule has 0 fully saturated rings. The Labute approximate surface area is 84.2 Å². The lowest BCUT2D eigenvalue weighted by Gasteiger charge is -2.13. The lowest BCUT2D eigenvalue weighted by Crippen LogP contribution is -2.41. The minimum atomic E-state index is -2.96. The molecule has 2 N–H and O–H groups in total. The summed E-state index contributed by atoms with van der Waals surface area (Å²) in [4.78, 5) is 21.2. The van der Waals surface area contributed by atoms with Crippen LogP contribution in [0.3, 0.4) is 0 Å². The highest BCUT2D eigenvalue weighted by Crippen LogP contribution is 1.99. The van der Waals surface area contributed by atoms with Crippen molar-refractivity contribution in [2.24, 2.45) is 0 Å². The van der Waals surface area contributed by atoms with E-state index < -0.39 is 31.3 Å². The molecular formula is C7H11F2NO5. The van der Waals surface area contributed by atoms with Crippen LogP contribution in [0.15, 0.2) is 0 Å². The minimum absolute atomic E-state index is 0.269.